The number of rotatable bonds is 7. The van der Waals surface area contributed by atoms with Gasteiger partial charge in [-0.1, -0.05) is 6.07 Å². The number of ether oxygens (including phenoxy) is 1. The molecule has 3 N–H and O–H groups in total. The van der Waals surface area contributed by atoms with Gasteiger partial charge in [-0.3, -0.25) is 4.79 Å². The van der Waals surface area contributed by atoms with Crippen molar-refractivity contribution >= 4 is 45.2 Å². The number of benzene rings is 3. The Morgan fingerprint density at radius 1 is 0.703 bits per heavy atom. The zero-order valence-corrected chi connectivity index (χ0v) is 21.0. The number of nitrogens with one attached hydrogen (secondary N) is 3. The van der Waals surface area contributed by atoms with Crippen LogP contribution in [0.15, 0.2) is 104 Å². The summed E-state index contributed by atoms with van der Waals surface area (Å²) in [5, 5.41) is 10.8. The van der Waals surface area contributed by atoms with Crippen LogP contribution in [0.5, 0.6) is 5.75 Å². The number of methoxy groups -OCH3 is 1. The van der Waals surface area contributed by atoms with Crippen LogP contribution >= 0.6 is 0 Å². The molecule has 0 aliphatic rings. The van der Waals surface area contributed by atoms with Gasteiger partial charge >= 0.3 is 0 Å². The largest absolute Gasteiger partial charge is 0.490 e. The van der Waals surface area contributed by atoms with Crippen molar-refractivity contribution in [2.45, 2.75) is 0 Å². The van der Waals surface area contributed by atoms with Crippen molar-refractivity contribution in [2.24, 2.45) is 14.1 Å². The van der Waals surface area contributed by atoms with Crippen LogP contribution in [0.25, 0.3) is 10.9 Å². The minimum atomic E-state index is -0.162. The highest BCUT2D eigenvalue weighted by atomic mass is 16.5. The van der Waals surface area contributed by atoms with E-state index in [4.69, 9.17) is 4.74 Å². The third kappa shape index (κ3) is 5.36. The molecule has 0 fully saturated rings. The Kier molecular flexibility index (Phi) is 6.68. The summed E-state index contributed by atoms with van der Waals surface area (Å²) in [6.45, 7) is 0. The van der Waals surface area contributed by atoms with Gasteiger partial charge < -0.3 is 20.7 Å². The van der Waals surface area contributed by atoms with Gasteiger partial charge in [0.25, 0.3) is 11.4 Å². The summed E-state index contributed by atoms with van der Waals surface area (Å²) in [4.78, 5) is 12.8. The zero-order chi connectivity index (χ0) is 25.8. The zero-order valence-electron chi connectivity index (χ0n) is 21.0. The standard InChI is InChI=1S/C30H27N5O2/c1-34-18-15-25(16-19-34)31-22-11-13-24(14-12-22)33-30(36)21-7-9-23(10-8-21)32-27-17-20-35(2)29-26(27)5-4-6-28(29)37-3/h4-20H,1-3H3,(H,33,36)/p+2. The van der Waals surface area contributed by atoms with E-state index in [-0.39, 0.29) is 5.91 Å². The van der Waals surface area contributed by atoms with E-state index in [1.54, 1.807) is 7.11 Å². The van der Waals surface area contributed by atoms with Gasteiger partial charge in [-0.05, 0) is 60.7 Å². The van der Waals surface area contributed by atoms with E-state index in [0.717, 1.165) is 45.1 Å². The maximum Gasteiger partial charge on any atom is 0.256 e. The molecule has 0 saturated heterocycles. The molecule has 0 unspecified atom stereocenters. The van der Waals surface area contributed by atoms with E-state index in [1.165, 1.54) is 0 Å². The van der Waals surface area contributed by atoms with Crippen LogP contribution in [0.1, 0.15) is 10.4 Å². The highest BCUT2D eigenvalue weighted by Gasteiger charge is 2.15. The Morgan fingerprint density at radius 3 is 2.03 bits per heavy atom. The Balaban J connectivity index is 1.25. The fraction of sp³-hybridized carbons (Fsp3) is 0.100. The predicted octanol–water partition coefficient (Wildman–Crippen LogP) is 5.24. The summed E-state index contributed by atoms with van der Waals surface area (Å²) in [6, 6.07) is 27.1. The lowest BCUT2D eigenvalue weighted by Crippen LogP contribution is -2.28. The second kappa shape index (κ2) is 10.4. The van der Waals surface area contributed by atoms with Crippen LogP contribution in [-0.4, -0.2) is 13.0 Å². The molecule has 0 spiro atoms. The average molecular weight is 492 g/mol. The van der Waals surface area contributed by atoms with Gasteiger partial charge in [-0.15, -0.1) is 0 Å². The number of hydrogen-bond donors (Lipinski definition) is 3. The molecule has 7 heteroatoms. The number of para-hydroxylation sites is 1. The van der Waals surface area contributed by atoms with Gasteiger partial charge in [0.1, 0.15) is 14.1 Å². The molecule has 5 aromatic rings. The molecule has 0 radical (unpaired) electrons. The molecular formula is C30H29N5O2+2. The lowest BCUT2D eigenvalue weighted by atomic mass is 10.1. The predicted molar refractivity (Wildman–Crippen MR) is 147 cm³/mol. The Bertz CT molecular complexity index is 1550. The molecule has 7 nitrogen and oxygen atoms in total. The highest BCUT2D eigenvalue weighted by molar-refractivity contribution is 6.04. The van der Waals surface area contributed by atoms with Gasteiger partial charge in [0.05, 0.1) is 23.9 Å². The molecule has 0 atom stereocenters. The van der Waals surface area contributed by atoms with E-state index < -0.39 is 0 Å². The lowest BCUT2D eigenvalue weighted by molar-refractivity contribution is -0.671. The highest BCUT2D eigenvalue weighted by Crippen LogP contribution is 2.29. The summed E-state index contributed by atoms with van der Waals surface area (Å²) in [6.07, 6.45) is 5.96. The second-order valence-corrected chi connectivity index (χ2v) is 8.81. The molecule has 184 valence electrons. The maximum atomic E-state index is 12.8. The Labute approximate surface area is 216 Å². The molecule has 0 saturated carbocycles. The van der Waals surface area contributed by atoms with Crippen molar-refractivity contribution in [3.05, 3.63) is 109 Å². The first-order valence-electron chi connectivity index (χ1n) is 12.0. The quantitative estimate of drug-likeness (QED) is 0.273. The number of nitrogens with zero attached hydrogens (tertiary/aromatic N) is 2. The van der Waals surface area contributed by atoms with E-state index in [1.807, 2.05) is 121 Å². The van der Waals surface area contributed by atoms with Crippen molar-refractivity contribution in [1.29, 1.82) is 0 Å². The topological polar surface area (TPSA) is 70.1 Å². The van der Waals surface area contributed by atoms with E-state index in [2.05, 4.69) is 22.0 Å². The van der Waals surface area contributed by atoms with Crippen LogP contribution < -0.4 is 29.8 Å². The Hall–Kier alpha value is -4.91. The van der Waals surface area contributed by atoms with Gasteiger partial charge in [0.2, 0.25) is 0 Å². The number of fused-ring (bicyclic) bond motifs is 1. The summed E-state index contributed by atoms with van der Waals surface area (Å²) in [7, 11) is 5.65. The van der Waals surface area contributed by atoms with Crippen molar-refractivity contribution in [3.8, 4) is 5.75 Å². The molecule has 0 aliphatic heterocycles. The summed E-state index contributed by atoms with van der Waals surface area (Å²) >= 11 is 0. The lowest BCUT2D eigenvalue weighted by Gasteiger charge is -2.11. The molecule has 3 aromatic carbocycles. The summed E-state index contributed by atoms with van der Waals surface area (Å²) in [5.74, 6) is 0.651. The van der Waals surface area contributed by atoms with Crippen LogP contribution in [0.3, 0.4) is 0 Å². The van der Waals surface area contributed by atoms with Gasteiger partial charge in [0.15, 0.2) is 24.3 Å². The van der Waals surface area contributed by atoms with Gasteiger partial charge in [-0.25, -0.2) is 4.57 Å². The number of anilines is 5. The first-order valence-corrected chi connectivity index (χ1v) is 12.0. The monoisotopic (exact) mass is 491 g/mol. The number of amides is 1. The van der Waals surface area contributed by atoms with E-state index in [9.17, 15) is 4.79 Å². The molecule has 1 amide bonds. The fourth-order valence-electron chi connectivity index (χ4n) is 4.18. The minimum Gasteiger partial charge on any atom is -0.490 e. The smallest absolute Gasteiger partial charge is 0.256 e. The number of aromatic nitrogens is 2. The molecule has 0 aliphatic carbocycles. The SMILES string of the molecule is COc1cccc2c(Nc3ccc(C(=O)Nc4ccc(Nc5cc[n+](C)cc5)cc4)cc3)cc[n+](C)c12. The van der Waals surface area contributed by atoms with E-state index >= 15 is 0 Å². The minimum absolute atomic E-state index is 0.162. The molecule has 5 rings (SSSR count). The van der Waals surface area contributed by atoms with Crippen LogP contribution in [0.2, 0.25) is 0 Å². The first kappa shape index (κ1) is 23.8. The number of carbonyl (C=O) groups excluding carboxylic acids is 1. The van der Waals surface area contributed by atoms with Gasteiger partial charge in [-0.2, -0.15) is 4.57 Å². The number of aryl methyl sites for hydroxylation is 2. The molecule has 2 aromatic heterocycles. The van der Waals surface area contributed by atoms with Crippen LogP contribution in [0.4, 0.5) is 28.4 Å². The van der Waals surface area contributed by atoms with Crippen molar-refractivity contribution < 1.29 is 18.7 Å². The molecular weight excluding hydrogens is 462 g/mol. The first-order chi connectivity index (χ1) is 18.0. The number of hydrogen-bond acceptors (Lipinski definition) is 4. The second-order valence-electron chi connectivity index (χ2n) is 8.81. The van der Waals surface area contributed by atoms with Gasteiger partial charge in [0, 0.05) is 40.8 Å². The maximum absolute atomic E-state index is 12.8. The average Bonchev–Trinajstić information content (AvgIpc) is 2.92. The number of pyridine rings is 2. The molecule has 37 heavy (non-hydrogen) atoms. The number of carbonyl (C=O) groups is 1. The third-order valence-corrected chi connectivity index (χ3v) is 6.16. The summed E-state index contributed by atoms with van der Waals surface area (Å²) < 4.78 is 9.56. The Morgan fingerprint density at radius 2 is 1.32 bits per heavy atom. The fourth-order valence-corrected chi connectivity index (χ4v) is 4.18. The molecule has 0 bridgehead atoms. The molecule has 2 heterocycles. The van der Waals surface area contributed by atoms with Crippen molar-refractivity contribution in [3.63, 3.8) is 0 Å². The van der Waals surface area contributed by atoms with Crippen LogP contribution in [-0.2, 0) is 14.1 Å². The van der Waals surface area contributed by atoms with Crippen molar-refractivity contribution in [2.75, 3.05) is 23.1 Å². The normalized spacial score (nSPS) is 10.7. The van der Waals surface area contributed by atoms with Crippen LogP contribution in [0, 0.1) is 0 Å². The third-order valence-electron chi connectivity index (χ3n) is 6.16. The summed E-state index contributed by atoms with van der Waals surface area (Å²) in [5.41, 5.74) is 6.11. The van der Waals surface area contributed by atoms with E-state index in [0.29, 0.717) is 5.56 Å². The van der Waals surface area contributed by atoms with Crippen molar-refractivity contribution in [1.82, 2.24) is 0 Å².